The standard InChI is InChI=1S/C13H24N6O2S/c1-5-14-12-10-13(16-11(2)15-12)18-6-8-19(9-7-18)22(20,21)17(3)4/h10H,5-9H2,1-4H3,(H,14,15,16). The molecule has 9 heteroatoms. The van der Waals surface area contributed by atoms with E-state index in [4.69, 9.17) is 0 Å². The van der Waals surface area contributed by atoms with E-state index < -0.39 is 10.2 Å². The summed E-state index contributed by atoms with van der Waals surface area (Å²) in [5.41, 5.74) is 0. The highest BCUT2D eigenvalue weighted by Gasteiger charge is 2.29. The third-order valence-electron chi connectivity index (χ3n) is 3.53. The van der Waals surface area contributed by atoms with E-state index in [2.05, 4.69) is 20.2 Å². The van der Waals surface area contributed by atoms with E-state index in [1.54, 1.807) is 14.1 Å². The van der Waals surface area contributed by atoms with E-state index in [1.165, 1.54) is 8.61 Å². The van der Waals surface area contributed by atoms with E-state index in [-0.39, 0.29) is 0 Å². The van der Waals surface area contributed by atoms with Gasteiger partial charge in [0.05, 0.1) is 0 Å². The molecule has 0 aromatic carbocycles. The maximum atomic E-state index is 12.1. The highest BCUT2D eigenvalue weighted by molar-refractivity contribution is 7.86. The van der Waals surface area contributed by atoms with E-state index in [0.29, 0.717) is 32.0 Å². The monoisotopic (exact) mass is 328 g/mol. The summed E-state index contributed by atoms with van der Waals surface area (Å²) >= 11 is 0. The fourth-order valence-corrected chi connectivity index (χ4v) is 3.45. The molecule has 1 aromatic heterocycles. The second kappa shape index (κ2) is 6.76. The van der Waals surface area contributed by atoms with Crippen LogP contribution < -0.4 is 10.2 Å². The summed E-state index contributed by atoms with van der Waals surface area (Å²) < 4.78 is 27.0. The lowest BCUT2D eigenvalue weighted by Gasteiger charge is -2.35. The molecule has 0 spiro atoms. The number of anilines is 2. The smallest absolute Gasteiger partial charge is 0.281 e. The zero-order valence-corrected chi connectivity index (χ0v) is 14.4. The van der Waals surface area contributed by atoms with Gasteiger partial charge in [-0.3, -0.25) is 0 Å². The Labute approximate surface area is 132 Å². The van der Waals surface area contributed by atoms with Crippen molar-refractivity contribution in [1.82, 2.24) is 18.6 Å². The predicted molar refractivity (Wildman–Crippen MR) is 87.3 cm³/mol. The number of nitrogens with one attached hydrogen (secondary N) is 1. The van der Waals surface area contributed by atoms with Crippen molar-refractivity contribution in [3.05, 3.63) is 11.9 Å². The van der Waals surface area contributed by atoms with E-state index in [1.807, 2.05) is 19.9 Å². The lowest BCUT2D eigenvalue weighted by atomic mass is 10.3. The van der Waals surface area contributed by atoms with E-state index in [0.717, 1.165) is 18.2 Å². The van der Waals surface area contributed by atoms with Crippen molar-refractivity contribution in [2.75, 3.05) is 57.0 Å². The summed E-state index contributed by atoms with van der Waals surface area (Å²) in [6.45, 7) is 6.83. The van der Waals surface area contributed by atoms with Crippen molar-refractivity contribution in [2.45, 2.75) is 13.8 Å². The van der Waals surface area contributed by atoms with Crippen LogP contribution in [-0.4, -0.2) is 73.8 Å². The summed E-state index contributed by atoms with van der Waals surface area (Å²) in [7, 11) is -0.228. The van der Waals surface area contributed by atoms with Gasteiger partial charge in [-0.05, 0) is 13.8 Å². The second-order valence-electron chi connectivity index (χ2n) is 5.37. The summed E-state index contributed by atoms with van der Waals surface area (Å²) in [6.07, 6.45) is 0. The molecule has 0 atom stereocenters. The predicted octanol–water partition coefficient (Wildman–Crippen LogP) is 0.145. The molecule has 2 heterocycles. The Balaban J connectivity index is 2.09. The zero-order valence-electron chi connectivity index (χ0n) is 13.6. The topological polar surface area (TPSA) is 81.7 Å². The molecule has 2 rings (SSSR count). The van der Waals surface area contributed by atoms with Gasteiger partial charge in [0.25, 0.3) is 10.2 Å². The van der Waals surface area contributed by atoms with Gasteiger partial charge in [0.15, 0.2) is 0 Å². The van der Waals surface area contributed by atoms with Crippen LogP contribution in [0.5, 0.6) is 0 Å². The van der Waals surface area contributed by atoms with Crippen molar-refractivity contribution in [1.29, 1.82) is 0 Å². The Morgan fingerprint density at radius 3 is 2.41 bits per heavy atom. The molecule has 1 saturated heterocycles. The summed E-state index contributed by atoms with van der Waals surface area (Å²) in [5.74, 6) is 2.34. The van der Waals surface area contributed by atoms with Crippen molar-refractivity contribution in [2.24, 2.45) is 0 Å². The Morgan fingerprint density at radius 2 is 1.86 bits per heavy atom. The normalized spacial score (nSPS) is 17.0. The SMILES string of the molecule is CCNc1cc(N2CCN(S(=O)(=O)N(C)C)CC2)nc(C)n1. The molecule has 0 unspecified atom stereocenters. The third kappa shape index (κ3) is 3.65. The van der Waals surface area contributed by atoms with Crippen molar-refractivity contribution in [3.8, 4) is 0 Å². The molecule has 0 bridgehead atoms. The van der Waals surface area contributed by atoms with Gasteiger partial charge in [0.1, 0.15) is 17.5 Å². The molecule has 1 fully saturated rings. The number of hydrogen-bond donors (Lipinski definition) is 1. The maximum Gasteiger partial charge on any atom is 0.281 e. The van der Waals surface area contributed by atoms with Gasteiger partial charge in [-0.15, -0.1) is 0 Å². The van der Waals surface area contributed by atoms with Crippen molar-refractivity contribution >= 4 is 21.8 Å². The summed E-state index contributed by atoms with van der Waals surface area (Å²) in [6, 6.07) is 1.91. The fourth-order valence-electron chi connectivity index (χ4n) is 2.36. The molecule has 0 saturated carbocycles. The zero-order chi connectivity index (χ0) is 16.3. The Kier molecular flexibility index (Phi) is 5.20. The average molecular weight is 328 g/mol. The van der Waals surface area contributed by atoms with Gasteiger partial charge in [0, 0.05) is 52.9 Å². The van der Waals surface area contributed by atoms with Crippen molar-refractivity contribution < 1.29 is 8.42 Å². The molecular weight excluding hydrogens is 304 g/mol. The van der Waals surface area contributed by atoms with E-state index in [9.17, 15) is 8.42 Å². The molecule has 1 aliphatic heterocycles. The van der Waals surface area contributed by atoms with Crippen LogP contribution in [-0.2, 0) is 10.2 Å². The van der Waals surface area contributed by atoms with Crippen LogP contribution in [0.3, 0.4) is 0 Å². The first-order chi connectivity index (χ1) is 10.3. The van der Waals surface area contributed by atoms with Gasteiger partial charge in [0.2, 0.25) is 0 Å². The number of aryl methyl sites for hydroxylation is 1. The summed E-state index contributed by atoms with van der Waals surface area (Å²) in [5, 5.41) is 3.19. The largest absolute Gasteiger partial charge is 0.370 e. The quantitative estimate of drug-likeness (QED) is 0.828. The number of aromatic nitrogens is 2. The Hall–Kier alpha value is -1.45. The van der Waals surface area contributed by atoms with Gasteiger partial charge < -0.3 is 10.2 Å². The minimum Gasteiger partial charge on any atom is -0.370 e. The minimum atomic E-state index is -3.34. The lowest BCUT2D eigenvalue weighted by molar-refractivity contribution is 0.355. The van der Waals surface area contributed by atoms with Crippen LogP contribution in [0.25, 0.3) is 0 Å². The molecule has 0 amide bonds. The Bertz CT molecular complexity index is 611. The van der Waals surface area contributed by atoms with Crippen LogP contribution >= 0.6 is 0 Å². The molecule has 1 N–H and O–H groups in total. The third-order valence-corrected chi connectivity index (χ3v) is 5.47. The number of rotatable bonds is 5. The molecular formula is C13H24N6O2S. The second-order valence-corrected chi connectivity index (χ2v) is 7.51. The molecule has 1 aromatic rings. The molecule has 1 aliphatic rings. The summed E-state index contributed by atoms with van der Waals surface area (Å²) in [4.78, 5) is 10.9. The van der Waals surface area contributed by atoms with Gasteiger partial charge in [-0.1, -0.05) is 0 Å². The molecule has 124 valence electrons. The molecule has 0 radical (unpaired) electrons. The molecule has 0 aliphatic carbocycles. The van der Waals surface area contributed by atoms with Crippen LogP contribution in [0.4, 0.5) is 11.6 Å². The maximum absolute atomic E-state index is 12.1. The highest BCUT2D eigenvalue weighted by Crippen LogP contribution is 2.19. The van der Waals surface area contributed by atoms with Gasteiger partial charge in [-0.25, -0.2) is 9.97 Å². The molecule has 8 nitrogen and oxygen atoms in total. The van der Waals surface area contributed by atoms with Gasteiger partial charge >= 0.3 is 0 Å². The first kappa shape index (κ1) is 16.9. The van der Waals surface area contributed by atoms with Crippen LogP contribution in [0.2, 0.25) is 0 Å². The van der Waals surface area contributed by atoms with Crippen LogP contribution in [0, 0.1) is 6.92 Å². The van der Waals surface area contributed by atoms with Crippen molar-refractivity contribution in [3.63, 3.8) is 0 Å². The lowest BCUT2D eigenvalue weighted by Crippen LogP contribution is -2.51. The first-order valence-corrected chi connectivity index (χ1v) is 8.76. The Morgan fingerprint density at radius 1 is 1.23 bits per heavy atom. The number of piperazine rings is 1. The number of hydrogen-bond acceptors (Lipinski definition) is 6. The highest BCUT2D eigenvalue weighted by atomic mass is 32.2. The minimum absolute atomic E-state index is 0.458. The van der Waals surface area contributed by atoms with Crippen LogP contribution in [0.15, 0.2) is 6.07 Å². The van der Waals surface area contributed by atoms with Gasteiger partial charge in [-0.2, -0.15) is 17.0 Å². The fraction of sp³-hybridized carbons (Fsp3) is 0.692. The van der Waals surface area contributed by atoms with Crippen LogP contribution in [0.1, 0.15) is 12.7 Å². The van der Waals surface area contributed by atoms with E-state index >= 15 is 0 Å². The first-order valence-electron chi connectivity index (χ1n) is 7.36. The molecule has 22 heavy (non-hydrogen) atoms. The average Bonchev–Trinajstić information content (AvgIpc) is 2.47. The number of nitrogens with zero attached hydrogens (tertiary/aromatic N) is 5.